The van der Waals surface area contributed by atoms with E-state index in [-0.39, 0.29) is 0 Å². The maximum atomic E-state index is 12.1. The minimum atomic E-state index is -0.421. The van der Waals surface area contributed by atoms with Gasteiger partial charge in [-0.05, 0) is 25.0 Å². The van der Waals surface area contributed by atoms with Gasteiger partial charge in [0.25, 0.3) is 0 Å². The maximum absolute atomic E-state index is 12.1. The molecule has 1 aliphatic heterocycles. The fourth-order valence-electron chi connectivity index (χ4n) is 4.97. The number of hydrogen-bond donors (Lipinski definition) is 1. The largest absolute Gasteiger partial charge is 0.462 e. The zero-order chi connectivity index (χ0) is 28.3. The fourth-order valence-corrected chi connectivity index (χ4v) is 6.09. The lowest BCUT2D eigenvalue weighted by Crippen LogP contribution is -2.36. The van der Waals surface area contributed by atoms with E-state index >= 15 is 0 Å². The molecule has 212 valence electrons. The van der Waals surface area contributed by atoms with Crippen LogP contribution in [0.2, 0.25) is 0 Å². The van der Waals surface area contributed by atoms with Gasteiger partial charge in [-0.3, -0.25) is 5.10 Å². The molecule has 0 atom stereocenters. The van der Waals surface area contributed by atoms with Gasteiger partial charge in [0.05, 0.1) is 53.9 Å². The molecule has 1 N–H and O–H groups in total. The Morgan fingerprint density at radius 1 is 1.17 bits per heavy atom. The molecule has 1 fully saturated rings. The van der Waals surface area contributed by atoms with E-state index in [0.717, 1.165) is 57.0 Å². The van der Waals surface area contributed by atoms with Crippen molar-refractivity contribution in [2.75, 3.05) is 49.3 Å². The summed E-state index contributed by atoms with van der Waals surface area (Å²) in [5.41, 5.74) is 3.13. The van der Waals surface area contributed by atoms with Crippen molar-refractivity contribution in [2.24, 2.45) is 5.92 Å². The van der Waals surface area contributed by atoms with Crippen LogP contribution in [0.3, 0.4) is 0 Å². The predicted molar refractivity (Wildman–Crippen MR) is 159 cm³/mol. The van der Waals surface area contributed by atoms with Gasteiger partial charge in [-0.1, -0.05) is 26.0 Å². The summed E-state index contributed by atoms with van der Waals surface area (Å²) >= 11 is 1.69. The molecular formula is C29H32N8O3S. The highest BCUT2D eigenvalue weighted by Crippen LogP contribution is 2.36. The van der Waals surface area contributed by atoms with Crippen LogP contribution in [0.1, 0.15) is 36.0 Å². The molecule has 12 heteroatoms. The molecular weight excluding hydrogens is 540 g/mol. The summed E-state index contributed by atoms with van der Waals surface area (Å²) in [7, 11) is 0. The van der Waals surface area contributed by atoms with Crippen LogP contribution < -0.4 is 9.80 Å². The number of aromatic amines is 1. The minimum Gasteiger partial charge on any atom is -0.462 e. The predicted octanol–water partition coefficient (Wildman–Crippen LogP) is 4.70. The number of nitrogens with zero attached hydrogens (tertiary/aromatic N) is 7. The van der Waals surface area contributed by atoms with Crippen molar-refractivity contribution >= 4 is 50.2 Å². The SMILES string of the molecule is CCOC(=O)c1cnc(N(Cc2cc3nc(-c4cccc5[nH]ncc45)nc(N4CCOCC4)c3s2)CC(C)C)nc1. The van der Waals surface area contributed by atoms with Gasteiger partial charge in [0.15, 0.2) is 11.6 Å². The molecule has 1 aliphatic rings. The van der Waals surface area contributed by atoms with Crippen LogP contribution in [0.15, 0.2) is 42.9 Å². The standard InChI is InChI=1S/C29H32N8O3S/c1-4-40-28(38)19-13-30-29(31-14-19)37(16-18(2)3)17-20-12-24-25(41-20)27(36-8-10-39-11-9-36)34-26(33-24)21-6-5-7-23-22(21)15-32-35-23/h5-7,12-15,18H,4,8-11,16-17H2,1-3H3,(H,32,35). The Balaban J connectivity index is 1.38. The van der Waals surface area contributed by atoms with Crippen LogP contribution in [-0.2, 0) is 16.0 Å². The van der Waals surface area contributed by atoms with Crippen LogP contribution in [0, 0.1) is 5.92 Å². The van der Waals surface area contributed by atoms with Gasteiger partial charge < -0.3 is 19.3 Å². The number of ether oxygens (including phenoxy) is 2. The monoisotopic (exact) mass is 572 g/mol. The summed E-state index contributed by atoms with van der Waals surface area (Å²) in [5.74, 6) is 2.12. The van der Waals surface area contributed by atoms with Crippen molar-refractivity contribution in [1.29, 1.82) is 0 Å². The number of benzene rings is 1. The van der Waals surface area contributed by atoms with E-state index < -0.39 is 5.97 Å². The van der Waals surface area contributed by atoms with Crippen molar-refractivity contribution in [2.45, 2.75) is 27.3 Å². The first-order chi connectivity index (χ1) is 20.0. The van der Waals surface area contributed by atoms with Crippen LogP contribution in [0.25, 0.3) is 32.5 Å². The fraction of sp³-hybridized carbons (Fsp3) is 0.379. The van der Waals surface area contributed by atoms with Crippen molar-refractivity contribution in [3.8, 4) is 11.4 Å². The Hall–Kier alpha value is -4.16. The van der Waals surface area contributed by atoms with Crippen molar-refractivity contribution in [1.82, 2.24) is 30.1 Å². The molecule has 6 rings (SSSR count). The number of carbonyl (C=O) groups is 1. The summed E-state index contributed by atoms with van der Waals surface area (Å²) in [6.07, 6.45) is 4.88. The second kappa shape index (κ2) is 11.8. The average Bonchev–Trinajstić information content (AvgIpc) is 3.63. The lowest BCUT2D eigenvalue weighted by Gasteiger charge is -2.28. The lowest BCUT2D eigenvalue weighted by atomic mass is 10.1. The molecule has 0 unspecified atom stereocenters. The number of fused-ring (bicyclic) bond motifs is 2. The molecule has 1 saturated heterocycles. The summed E-state index contributed by atoms with van der Waals surface area (Å²) in [6.45, 7) is 10.6. The second-order valence-electron chi connectivity index (χ2n) is 10.3. The lowest BCUT2D eigenvalue weighted by molar-refractivity contribution is 0.0525. The Kier molecular flexibility index (Phi) is 7.75. The van der Waals surface area contributed by atoms with Crippen molar-refractivity contribution < 1.29 is 14.3 Å². The molecule has 5 heterocycles. The topological polar surface area (TPSA) is 122 Å². The van der Waals surface area contributed by atoms with Gasteiger partial charge in [-0.25, -0.2) is 24.7 Å². The Labute approximate surface area is 241 Å². The molecule has 0 aliphatic carbocycles. The Morgan fingerprint density at radius 3 is 2.73 bits per heavy atom. The van der Waals surface area contributed by atoms with E-state index in [4.69, 9.17) is 19.4 Å². The molecule has 0 bridgehead atoms. The number of hydrogen-bond acceptors (Lipinski definition) is 11. The minimum absolute atomic E-state index is 0.306. The average molecular weight is 573 g/mol. The number of anilines is 2. The quantitative estimate of drug-likeness (QED) is 0.249. The molecule has 5 aromatic rings. The number of H-pyrrole nitrogens is 1. The molecule has 0 saturated carbocycles. The summed E-state index contributed by atoms with van der Waals surface area (Å²) < 4.78 is 11.8. The van der Waals surface area contributed by atoms with Crippen LogP contribution in [0.4, 0.5) is 11.8 Å². The molecule has 0 amide bonds. The summed E-state index contributed by atoms with van der Waals surface area (Å²) in [4.78, 5) is 36.8. The van der Waals surface area contributed by atoms with Crippen LogP contribution >= 0.6 is 11.3 Å². The van der Waals surface area contributed by atoms with Crippen LogP contribution in [-0.4, -0.2) is 75.6 Å². The van der Waals surface area contributed by atoms with Gasteiger partial charge in [-0.15, -0.1) is 11.3 Å². The summed E-state index contributed by atoms with van der Waals surface area (Å²) in [6, 6.07) is 8.18. The first kappa shape index (κ1) is 27.0. The van der Waals surface area contributed by atoms with Gasteiger partial charge in [-0.2, -0.15) is 5.10 Å². The third-order valence-corrected chi connectivity index (χ3v) is 7.91. The third-order valence-electron chi connectivity index (χ3n) is 6.81. The highest BCUT2D eigenvalue weighted by molar-refractivity contribution is 7.19. The number of thiophene rings is 1. The summed E-state index contributed by atoms with van der Waals surface area (Å²) in [5, 5.41) is 8.26. The number of morpholine rings is 1. The first-order valence-electron chi connectivity index (χ1n) is 13.8. The van der Waals surface area contributed by atoms with Crippen LogP contribution in [0.5, 0.6) is 0 Å². The zero-order valence-corrected chi connectivity index (χ0v) is 24.1. The number of aromatic nitrogens is 6. The molecule has 4 aromatic heterocycles. The van der Waals surface area contributed by atoms with Gasteiger partial charge >= 0.3 is 5.97 Å². The molecule has 1 aromatic carbocycles. The van der Waals surface area contributed by atoms with E-state index in [1.807, 2.05) is 24.4 Å². The van der Waals surface area contributed by atoms with Gasteiger partial charge in [0.2, 0.25) is 5.95 Å². The molecule has 11 nitrogen and oxygen atoms in total. The Bertz CT molecular complexity index is 1660. The molecule has 41 heavy (non-hydrogen) atoms. The first-order valence-corrected chi connectivity index (χ1v) is 14.6. The normalized spacial score (nSPS) is 13.8. The highest BCUT2D eigenvalue weighted by Gasteiger charge is 2.22. The number of nitrogens with one attached hydrogen (secondary N) is 1. The van der Waals surface area contributed by atoms with E-state index in [1.54, 1.807) is 18.3 Å². The maximum Gasteiger partial charge on any atom is 0.341 e. The Morgan fingerprint density at radius 2 is 1.98 bits per heavy atom. The zero-order valence-electron chi connectivity index (χ0n) is 23.3. The number of rotatable bonds is 9. The highest BCUT2D eigenvalue weighted by atomic mass is 32.1. The van der Waals surface area contributed by atoms with Crippen molar-refractivity contribution in [3.05, 3.63) is 53.3 Å². The van der Waals surface area contributed by atoms with Gasteiger partial charge in [0, 0.05) is 47.9 Å². The number of carbonyl (C=O) groups excluding carboxylic acids is 1. The third kappa shape index (κ3) is 5.70. The smallest absolute Gasteiger partial charge is 0.341 e. The van der Waals surface area contributed by atoms with E-state index in [9.17, 15) is 4.79 Å². The van der Waals surface area contributed by atoms with E-state index in [1.165, 1.54) is 12.4 Å². The van der Waals surface area contributed by atoms with Crippen molar-refractivity contribution in [3.63, 3.8) is 0 Å². The van der Waals surface area contributed by atoms with E-state index in [2.05, 4.69) is 49.9 Å². The van der Waals surface area contributed by atoms with Gasteiger partial charge in [0.1, 0.15) is 0 Å². The molecule has 0 radical (unpaired) electrons. The van der Waals surface area contributed by atoms with E-state index in [0.29, 0.717) is 49.6 Å². The second-order valence-corrected chi connectivity index (χ2v) is 11.4. The number of esters is 1. The molecule has 0 spiro atoms.